The molecule has 2 N–H and O–H groups in total. The minimum Gasteiger partial charge on any atom is -0.507 e. The molecule has 1 aromatic carbocycles. The summed E-state index contributed by atoms with van der Waals surface area (Å²) in [5.74, 6) is 0.377. The number of allylic oxidation sites excluding steroid dienone is 1. The Morgan fingerprint density at radius 1 is 1.45 bits per heavy atom. The van der Waals surface area contributed by atoms with E-state index in [9.17, 15) is 5.11 Å². The van der Waals surface area contributed by atoms with Crippen LogP contribution in [0.4, 0.5) is 0 Å². The quantitative estimate of drug-likeness (QED) is 0.818. The topological polar surface area (TPSA) is 35.5 Å². The average molecular weight is 295 g/mol. The highest BCUT2D eigenvalue weighted by atomic mass is 35.5. The van der Waals surface area contributed by atoms with Crippen molar-refractivity contribution in [2.45, 2.75) is 25.8 Å². The third kappa shape index (κ3) is 3.54. The molecule has 3 nitrogen and oxygen atoms in total. The monoisotopic (exact) mass is 294 g/mol. The van der Waals surface area contributed by atoms with Gasteiger partial charge in [0.2, 0.25) is 0 Å². The van der Waals surface area contributed by atoms with Crippen LogP contribution < -0.4 is 5.32 Å². The van der Waals surface area contributed by atoms with Gasteiger partial charge in [-0.05, 0) is 37.5 Å². The number of phenols is 1. The van der Waals surface area contributed by atoms with Gasteiger partial charge in [-0.25, -0.2) is 0 Å². The van der Waals surface area contributed by atoms with Gasteiger partial charge in [-0.3, -0.25) is 4.90 Å². The zero-order valence-corrected chi connectivity index (χ0v) is 12.8. The summed E-state index contributed by atoms with van der Waals surface area (Å²) in [7, 11) is 0. The van der Waals surface area contributed by atoms with Crippen LogP contribution >= 0.6 is 11.6 Å². The molecule has 0 bridgehead atoms. The number of nitrogens with zero attached hydrogens (tertiary/aromatic N) is 1. The number of halogens is 1. The van der Waals surface area contributed by atoms with Crippen LogP contribution in [0.15, 0.2) is 24.8 Å². The van der Waals surface area contributed by atoms with Crippen LogP contribution in [-0.4, -0.2) is 36.2 Å². The number of nitrogens with one attached hydrogen (secondary N) is 1. The van der Waals surface area contributed by atoms with Crippen molar-refractivity contribution in [3.05, 3.63) is 40.9 Å². The Morgan fingerprint density at radius 2 is 2.15 bits per heavy atom. The van der Waals surface area contributed by atoms with Gasteiger partial charge in [0.1, 0.15) is 5.75 Å². The molecule has 1 aliphatic rings. The van der Waals surface area contributed by atoms with Gasteiger partial charge in [0, 0.05) is 42.8 Å². The van der Waals surface area contributed by atoms with Crippen LogP contribution in [0.1, 0.15) is 30.0 Å². The van der Waals surface area contributed by atoms with Gasteiger partial charge in [-0.1, -0.05) is 17.7 Å². The molecule has 1 heterocycles. The summed E-state index contributed by atoms with van der Waals surface area (Å²) in [6.07, 6.45) is 3.82. The Bertz CT molecular complexity index is 470. The lowest BCUT2D eigenvalue weighted by molar-refractivity contribution is 0.163. The molecular weight excluding hydrogens is 272 g/mol. The lowest BCUT2D eigenvalue weighted by Crippen LogP contribution is -2.45. The number of hydrogen-bond donors (Lipinski definition) is 2. The van der Waals surface area contributed by atoms with E-state index in [2.05, 4.69) is 16.8 Å². The second-order valence-electron chi connectivity index (χ2n) is 5.33. The molecule has 0 amide bonds. The molecular formula is C16H23ClN2O. The summed E-state index contributed by atoms with van der Waals surface area (Å²) < 4.78 is 0. The molecule has 0 saturated carbocycles. The fourth-order valence-corrected chi connectivity index (χ4v) is 3.10. The summed E-state index contributed by atoms with van der Waals surface area (Å²) in [5, 5.41) is 14.4. The highest BCUT2D eigenvalue weighted by molar-refractivity contribution is 6.30. The van der Waals surface area contributed by atoms with E-state index in [0.29, 0.717) is 10.8 Å². The Hall–Kier alpha value is -1.03. The fraction of sp³-hybridized carbons (Fsp3) is 0.500. The van der Waals surface area contributed by atoms with Gasteiger partial charge >= 0.3 is 0 Å². The second kappa shape index (κ2) is 7.11. The largest absolute Gasteiger partial charge is 0.507 e. The van der Waals surface area contributed by atoms with Crippen molar-refractivity contribution in [3.8, 4) is 5.75 Å². The molecule has 0 aromatic heterocycles. The Kier molecular flexibility index (Phi) is 5.46. The molecule has 4 heteroatoms. The van der Waals surface area contributed by atoms with Crippen molar-refractivity contribution in [1.29, 1.82) is 0 Å². The normalized spacial score (nSPS) is 17.9. The van der Waals surface area contributed by atoms with Crippen LogP contribution in [0.25, 0.3) is 0 Å². The summed E-state index contributed by atoms with van der Waals surface area (Å²) >= 11 is 6.18. The molecule has 0 unspecified atom stereocenters. The van der Waals surface area contributed by atoms with E-state index in [0.717, 1.165) is 50.1 Å². The zero-order chi connectivity index (χ0) is 14.5. The van der Waals surface area contributed by atoms with Crippen molar-refractivity contribution in [2.75, 3.05) is 26.2 Å². The van der Waals surface area contributed by atoms with Gasteiger partial charge in [0.15, 0.2) is 0 Å². The predicted molar refractivity (Wildman–Crippen MR) is 84.5 cm³/mol. The number of aryl methyl sites for hydroxylation is 1. The van der Waals surface area contributed by atoms with Crippen LogP contribution in [0.5, 0.6) is 5.75 Å². The fourth-order valence-electron chi connectivity index (χ4n) is 2.82. The van der Waals surface area contributed by atoms with Gasteiger partial charge in [-0.2, -0.15) is 0 Å². The molecule has 1 saturated heterocycles. The van der Waals surface area contributed by atoms with Gasteiger partial charge in [0.25, 0.3) is 0 Å². The molecule has 2 rings (SSSR count). The molecule has 1 aromatic rings. The maximum atomic E-state index is 10.4. The standard InChI is InChI=1S/C16H23ClN2O/c1-3-4-5-15(19-8-6-18-7-9-19)14-11-13(17)10-12(2)16(14)20/h3,10-11,15,18,20H,1,4-9H2,2H3/t15-/m1/s1. The molecule has 0 aliphatic carbocycles. The van der Waals surface area contributed by atoms with Gasteiger partial charge < -0.3 is 10.4 Å². The van der Waals surface area contributed by atoms with Crippen molar-refractivity contribution in [3.63, 3.8) is 0 Å². The first-order chi connectivity index (χ1) is 9.63. The third-order valence-corrected chi connectivity index (χ3v) is 4.11. The SMILES string of the molecule is C=CCC[C@H](c1cc(Cl)cc(C)c1O)N1CCNCC1. The van der Waals surface area contributed by atoms with E-state index in [1.54, 1.807) is 0 Å². The maximum Gasteiger partial charge on any atom is 0.123 e. The first-order valence-electron chi connectivity index (χ1n) is 7.18. The van der Waals surface area contributed by atoms with Crippen LogP contribution in [0.3, 0.4) is 0 Å². The van der Waals surface area contributed by atoms with E-state index in [1.807, 2.05) is 25.1 Å². The van der Waals surface area contributed by atoms with Crippen molar-refractivity contribution >= 4 is 11.6 Å². The van der Waals surface area contributed by atoms with Gasteiger partial charge in [0.05, 0.1) is 0 Å². The van der Waals surface area contributed by atoms with E-state index < -0.39 is 0 Å². The number of rotatable bonds is 5. The second-order valence-corrected chi connectivity index (χ2v) is 5.76. The minimum atomic E-state index is 0.201. The lowest BCUT2D eigenvalue weighted by Gasteiger charge is -2.35. The van der Waals surface area contributed by atoms with Gasteiger partial charge in [-0.15, -0.1) is 6.58 Å². The van der Waals surface area contributed by atoms with Crippen LogP contribution in [0, 0.1) is 6.92 Å². The Morgan fingerprint density at radius 3 is 2.80 bits per heavy atom. The molecule has 1 aliphatic heterocycles. The number of piperazine rings is 1. The van der Waals surface area contributed by atoms with Crippen LogP contribution in [0.2, 0.25) is 5.02 Å². The molecule has 0 radical (unpaired) electrons. The summed E-state index contributed by atoms with van der Waals surface area (Å²) in [5.41, 5.74) is 1.78. The lowest BCUT2D eigenvalue weighted by atomic mass is 9.96. The highest BCUT2D eigenvalue weighted by Gasteiger charge is 2.24. The van der Waals surface area contributed by atoms with E-state index in [1.165, 1.54) is 0 Å². The summed E-state index contributed by atoms with van der Waals surface area (Å²) in [4.78, 5) is 2.42. The number of phenolic OH excluding ortho intramolecular Hbond substituents is 1. The average Bonchev–Trinajstić information content (AvgIpc) is 2.45. The predicted octanol–water partition coefficient (Wildman–Crippen LogP) is 3.27. The molecule has 1 atom stereocenters. The van der Waals surface area contributed by atoms with Crippen molar-refractivity contribution < 1.29 is 5.11 Å². The van der Waals surface area contributed by atoms with Crippen molar-refractivity contribution in [1.82, 2.24) is 10.2 Å². The molecule has 0 spiro atoms. The number of benzene rings is 1. The smallest absolute Gasteiger partial charge is 0.123 e. The Balaban J connectivity index is 2.31. The first-order valence-corrected chi connectivity index (χ1v) is 7.56. The summed E-state index contributed by atoms with van der Waals surface area (Å²) in [6.45, 7) is 9.67. The van der Waals surface area contributed by atoms with Crippen molar-refractivity contribution in [2.24, 2.45) is 0 Å². The number of hydrogen-bond acceptors (Lipinski definition) is 3. The summed E-state index contributed by atoms with van der Waals surface area (Å²) in [6, 6.07) is 3.91. The Labute approximate surface area is 126 Å². The maximum absolute atomic E-state index is 10.4. The molecule has 20 heavy (non-hydrogen) atoms. The zero-order valence-electron chi connectivity index (χ0n) is 12.0. The molecule has 1 fully saturated rings. The molecule has 110 valence electrons. The van der Waals surface area contributed by atoms with E-state index >= 15 is 0 Å². The van der Waals surface area contributed by atoms with Crippen LogP contribution in [-0.2, 0) is 0 Å². The highest BCUT2D eigenvalue weighted by Crippen LogP contribution is 2.36. The number of aromatic hydroxyl groups is 1. The third-order valence-electron chi connectivity index (χ3n) is 3.89. The van der Waals surface area contributed by atoms with E-state index in [-0.39, 0.29) is 6.04 Å². The minimum absolute atomic E-state index is 0.201. The first kappa shape index (κ1) is 15.4. The van der Waals surface area contributed by atoms with E-state index in [4.69, 9.17) is 11.6 Å².